The zero-order chi connectivity index (χ0) is 9.42. The lowest BCUT2D eigenvalue weighted by molar-refractivity contribution is 1.48. The number of hydrogen-bond acceptors (Lipinski definition) is 3. The Morgan fingerprint density at radius 2 is 2.15 bits per heavy atom. The number of hydrogen-bond donors (Lipinski definition) is 1. The quantitative estimate of drug-likeness (QED) is 0.723. The molecular weight excluding hydrogens is 266 g/mol. The number of nitriles is 1. The second-order valence-corrected chi connectivity index (χ2v) is 5.29. The first-order valence-corrected chi connectivity index (χ1v) is 5.58. The minimum absolute atomic E-state index is 0.665. The first-order valence-electron chi connectivity index (χ1n) is 3.53. The number of nitrogens with zero attached hydrogens (tertiary/aromatic N) is 1. The predicted octanol–water partition coefficient (Wildman–Crippen LogP) is 3.82. The Hall–Kier alpha value is -0.500. The van der Waals surface area contributed by atoms with Gasteiger partial charge in [0.2, 0.25) is 0 Å². The Morgan fingerprint density at radius 3 is 2.85 bits per heavy atom. The Kier molecular flexibility index (Phi) is 2.33. The van der Waals surface area contributed by atoms with Crippen molar-refractivity contribution < 1.29 is 0 Å². The monoisotopic (exact) mass is 269 g/mol. The highest BCUT2D eigenvalue weighted by Gasteiger charge is 2.04. The molecule has 13 heavy (non-hydrogen) atoms. The molecule has 0 bridgehead atoms. The van der Waals surface area contributed by atoms with Crippen LogP contribution in [0.1, 0.15) is 5.56 Å². The molecule has 0 saturated heterocycles. The van der Waals surface area contributed by atoms with Crippen molar-refractivity contribution in [3.05, 3.63) is 28.2 Å². The van der Waals surface area contributed by atoms with E-state index >= 15 is 0 Å². The van der Waals surface area contributed by atoms with E-state index in [1.54, 1.807) is 11.3 Å². The van der Waals surface area contributed by atoms with E-state index < -0.39 is 0 Å². The second kappa shape index (κ2) is 3.33. The van der Waals surface area contributed by atoms with Gasteiger partial charge in [-0.05, 0) is 39.5 Å². The molecule has 0 radical (unpaired) electrons. The lowest BCUT2D eigenvalue weighted by atomic mass is 10.2. The smallest absolute Gasteiger partial charge is 0.100 e. The fourth-order valence-corrected chi connectivity index (χ4v) is 2.98. The average molecular weight is 270 g/mol. The maximum Gasteiger partial charge on any atom is 0.100 e. The van der Waals surface area contributed by atoms with Gasteiger partial charge in [0.25, 0.3) is 0 Å². The lowest BCUT2D eigenvalue weighted by Crippen LogP contribution is -1.75. The Morgan fingerprint density at radius 1 is 1.38 bits per heavy atom. The third kappa shape index (κ3) is 1.60. The van der Waals surface area contributed by atoms with Crippen LogP contribution in [0.25, 0.3) is 10.1 Å². The summed E-state index contributed by atoms with van der Waals surface area (Å²) in [5.74, 6) is 0. The molecular formula is C9H4BrNS2. The zero-order valence-corrected chi connectivity index (χ0v) is 9.71. The average Bonchev–Trinajstić information content (AvgIpc) is 2.42. The molecule has 0 fully saturated rings. The number of thiophene rings is 1. The summed E-state index contributed by atoms with van der Waals surface area (Å²) in [5, 5.41) is 9.87. The first kappa shape index (κ1) is 9.07. The highest BCUT2D eigenvalue weighted by atomic mass is 79.9. The van der Waals surface area contributed by atoms with Crippen LogP contribution < -0.4 is 0 Å². The molecule has 0 saturated carbocycles. The van der Waals surface area contributed by atoms with Gasteiger partial charge in [-0.25, -0.2) is 0 Å². The molecule has 0 spiro atoms. The molecule has 0 aliphatic heterocycles. The number of thiol groups is 1. The van der Waals surface area contributed by atoms with Crippen molar-refractivity contribution in [1.82, 2.24) is 0 Å². The minimum Gasteiger partial charge on any atom is -0.192 e. The normalized spacial score (nSPS) is 10.2. The van der Waals surface area contributed by atoms with E-state index in [4.69, 9.17) is 5.26 Å². The molecule has 0 amide bonds. The van der Waals surface area contributed by atoms with Gasteiger partial charge in [-0.1, -0.05) is 0 Å². The van der Waals surface area contributed by atoms with Gasteiger partial charge in [0.15, 0.2) is 0 Å². The first-order chi connectivity index (χ1) is 6.20. The van der Waals surface area contributed by atoms with E-state index in [0.717, 1.165) is 18.8 Å². The number of benzene rings is 1. The van der Waals surface area contributed by atoms with Crippen LogP contribution in [0.2, 0.25) is 0 Å². The fourth-order valence-electron chi connectivity index (χ4n) is 1.13. The molecule has 0 unspecified atom stereocenters. The van der Waals surface area contributed by atoms with Crippen molar-refractivity contribution in [3.8, 4) is 6.07 Å². The topological polar surface area (TPSA) is 23.8 Å². The van der Waals surface area contributed by atoms with Crippen LogP contribution in [0.4, 0.5) is 0 Å². The standard InChI is InChI=1S/C9H4BrNS2/c10-7-3-8-5(1-6(7)4-11)2-9(12)13-8/h1-3,12H. The molecule has 1 aromatic heterocycles. The summed E-state index contributed by atoms with van der Waals surface area (Å²) in [6.07, 6.45) is 0. The molecule has 0 aliphatic rings. The van der Waals surface area contributed by atoms with Crippen LogP contribution in [0.5, 0.6) is 0 Å². The van der Waals surface area contributed by atoms with Crippen molar-refractivity contribution in [2.75, 3.05) is 0 Å². The van der Waals surface area contributed by atoms with Gasteiger partial charge in [0.1, 0.15) is 6.07 Å². The molecule has 4 heteroatoms. The maximum atomic E-state index is 8.79. The third-order valence-electron chi connectivity index (χ3n) is 1.71. The summed E-state index contributed by atoms with van der Waals surface area (Å²) in [7, 11) is 0. The van der Waals surface area contributed by atoms with E-state index in [1.165, 1.54) is 0 Å². The molecule has 2 rings (SSSR count). The van der Waals surface area contributed by atoms with Gasteiger partial charge >= 0.3 is 0 Å². The molecule has 64 valence electrons. The molecule has 0 aliphatic carbocycles. The van der Waals surface area contributed by atoms with Crippen LogP contribution >= 0.6 is 39.9 Å². The number of halogens is 1. The van der Waals surface area contributed by atoms with Crippen LogP contribution in [-0.4, -0.2) is 0 Å². The van der Waals surface area contributed by atoms with Crippen molar-refractivity contribution in [2.24, 2.45) is 0 Å². The summed E-state index contributed by atoms with van der Waals surface area (Å²) in [4.78, 5) is 0. The molecule has 1 aromatic carbocycles. The number of rotatable bonds is 0. The summed E-state index contributed by atoms with van der Waals surface area (Å²) < 4.78 is 2.96. The van der Waals surface area contributed by atoms with Crippen molar-refractivity contribution in [3.63, 3.8) is 0 Å². The maximum absolute atomic E-state index is 8.79. The van der Waals surface area contributed by atoms with Crippen LogP contribution in [0.15, 0.2) is 26.9 Å². The second-order valence-electron chi connectivity index (χ2n) is 2.57. The van der Waals surface area contributed by atoms with Crippen LogP contribution in [0.3, 0.4) is 0 Å². The minimum atomic E-state index is 0.665. The SMILES string of the molecule is N#Cc1cc2cc(S)sc2cc1Br. The molecule has 1 nitrogen and oxygen atoms in total. The Bertz CT molecular complexity index is 510. The molecule has 1 heterocycles. The predicted molar refractivity (Wildman–Crippen MR) is 61.5 cm³/mol. The van der Waals surface area contributed by atoms with Crippen LogP contribution in [0, 0.1) is 11.3 Å². The largest absolute Gasteiger partial charge is 0.192 e. The van der Waals surface area contributed by atoms with Gasteiger partial charge in [-0.2, -0.15) is 5.26 Å². The lowest BCUT2D eigenvalue weighted by Gasteiger charge is -1.94. The van der Waals surface area contributed by atoms with E-state index in [0.29, 0.717) is 5.56 Å². The van der Waals surface area contributed by atoms with Crippen LogP contribution in [-0.2, 0) is 0 Å². The van der Waals surface area contributed by atoms with E-state index in [2.05, 4.69) is 34.6 Å². The van der Waals surface area contributed by atoms with Gasteiger partial charge in [-0.15, -0.1) is 24.0 Å². The molecule has 2 aromatic rings. The van der Waals surface area contributed by atoms with Gasteiger partial charge in [-0.3, -0.25) is 0 Å². The van der Waals surface area contributed by atoms with Crippen molar-refractivity contribution in [2.45, 2.75) is 4.21 Å². The Balaban J connectivity index is 2.82. The van der Waals surface area contributed by atoms with Crippen molar-refractivity contribution >= 4 is 50.0 Å². The zero-order valence-electron chi connectivity index (χ0n) is 6.41. The Labute approximate surface area is 93.5 Å². The fraction of sp³-hybridized carbons (Fsp3) is 0. The highest BCUT2D eigenvalue weighted by Crippen LogP contribution is 2.32. The van der Waals surface area contributed by atoms with Gasteiger partial charge in [0, 0.05) is 9.17 Å². The van der Waals surface area contributed by atoms with Gasteiger partial charge in [0.05, 0.1) is 9.77 Å². The van der Waals surface area contributed by atoms with Gasteiger partial charge < -0.3 is 0 Å². The van der Waals surface area contributed by atoms with Crippen molar-refractivity contribution in [1.29, 1.82) is 5.26 Å². The summed E-state index contributed by atoms with van der Waals surface area (Å²) in [6, 6.07) is 7.93. The summed E-state index contributed by atoms with van der Waals surface area (Å²) >= 11 is 9.22. The number of fused-ring (bicyclic) bond motifs is 1. The molecule has 0 atom stereocenters. The summed E-state index contributed by atoms with van der Waals surface area (Å²) in [5.41, 5.74) is 0.665. The van der Waals surface area contributed by atoms with E-state index in [9.17, 15) is 0 Å². The summed E-state index contributed by atoms with van der Waals surface area (Å²) in [6.45, 7) is 0. The molecule has 0 N–H and O–H groups in total. The third-order valence-corrected chi connectivity index (χ3v) is 3.67. The van der Waals surface area contributed by atoms with E-state index in [1.807, 2.05) is 18.2 Å². The highest BCUT2D eigenvalue weighted by molar-refractivity contribution is 9.10. The van der Waals surface area contributed by atoms with E-state index in [-0.39, 0.29) is 0 Å².